The summed E-state index contributed by atoms with van der Waals surface area (Å²) in [5.41, 5.74) is 0.928. The molecular weight excluding hydrogens is 344 g/mol. The van der Waals surface area contributed by atoms with Crippen LogP contribution in [0.3, 0.4) is 0 Å². The van der Waals surface area contributed by atoms with Gasteiger partial charge in [0.2, 0.25) is 11.8 Å². The lowest BCUT2D eigenvalue weighted by atomic mass is 10.2. The first-order chi connectivity index (χ1) is 13.0. The summed E-state index contributed by atoms with van der Waals surface area (Å²) < 4.78 is 8.21. The molecule has 3 atom stereocenters. The van der Waals surface area contributed by atoms with Crippen LogP contribution in [0.1, 0.15) is 37.9 Å². The number of hydrogen-bond donors (Lipinski definition) is 1. The van der Waals surface area contributed by atoms with Gasteiger partial charge < -0.3 is 10.1 Å². The van der Waals surface area contributed by atoms with Gasteiger partial charge in [0, 0.05) is 45.8 Å². The van der Waals surface area contributed by atoms with Crippen molar-refractivity contribution in [2.75, 3.05) is 33.7 Å². The molecule has 1 N–H and O–H groups in total. The van der Waals surface area contributed by atoms with Crippen LogP contribution >= 0.6 is 0 Å². The summed E-state index contributed by atoms with van der Waals surface area (Å²) in [6.45, 7) is 8.08. The second-order valence-corrected chi connectivity index (χ2v) is 7.24. The third-order valence-electron chi connectivity index (χ3n) is 5.39. The lowest BCUT2D eigenvalue weighted by Gasteiger charge is -2.32. The van der Waals surface area contributed by atoms with Crippen LogP contribution in [0, 0.1) is 0 Å². The average molecular weight is 374 g/mol. The van der Waals surface area contributed by atoms with Gasteiger partial charge in [-0.15, -0.1) is 0 Å². The van der Waals surface area contributed by atoms with E-state index in [1.165, 1.54) is 6.08 Å². The largest absolute Gasteiger partial charge is 0.473 e. The summed E-state index contributed by atoms with van der Waals surface area (Å²) in [6.07, 6.45) is 5.78. The molecule has 0 aromatic carbocycles. The summed E-state index contributed by atoms with van der Waals surface area (Å²) in [5.74, 6) is 0.536. The summed E-state index contributed by atoms with van der Waals surface area (Å²) >= 11 is 0. The third kappa shape index (κ3) is 4.56. The number of nitrogens with one attached hydrogen (secondary N) is 1. The number of aromatic nitrogens is 2. The third-order valence-corrected chi connectivity index (χ3v) is 5.39. The Morgan fingerprint density at radius 3 is 3.00 bits per heavy atom. The Hall–Kier alpha value is -2.19. The number of rotatable bonds is 7. The Morgan fingerprint density at radius 2 is 2.26 bits per heavy atom. The number of hydrazine groups is 1. The molecule has 2 heterocycles. The van der Waals surface area contributed by atoms with Gasteiger partial charge in [0.15, 0.2) is 0 Å². The molecule has 3 rings (SSSR count). The van der Waals surface area contributed by atoms with Gasteiger partial charge in [-0.1, -0.05) is 13.5 Å². The van der Waals surface area contributed by atoms with Gasteiger partial charge in [0.25, 0.3) is 0 Å². The van der Waals surface area contributed by atoms with E-state index in [1.54, 1.807) is 6.20 Å². The van der Waals surface area contributed by atoms with Crippen molar-refractivity contribution in [2.45, 2.75) is 44.4 Å². The summed E-state index contributed by atoms with van der Waals surface area (Å²) in [6, 6.07) is 2.28. The van der Waals surface area contributed by atoms with Gasteiger partial charge in [0.05, 0.1) is 12.6 Å². The van der Waals surface area contributed by atoms with Crippen molar-refractivity contribution in [1.29, 1.82) is 0 Å². The first kappa shape index (κ1) is 19.6. The summed E-state index contributed by atoms with van der Waals surface area (Å²) in [7, 11) is 4.16. The van der Waals surface area contributed by atoms with Crippen LogP contribution in [0.5, 0.6) is 0 Å². The highest BCUT2D eigenvalue weighted by Crippen LogP contribution is 2.26. The highest BCUT2D eigenvalue weighted by molar-refractivity contribution is 5.93. The Kier molecular flexibility index (Phi) is 6.28. The second-order valence-electron chi connectivity index (χ2n) is 7.24. The molecule has 1 unspecified atom stereocenters. The number of aliphatic imine (C=N–C) groups is 1. The summed E-state index contributed by atoms with van der Waals surface area (Å²) in [4.78, 5) is 16.2. The fourth-order valence-corrected chi connectivity index (χ4v) is 3.64. The molecule has 1 amide bonds. The number of ether oxygens (including phenoxy) is 1. The van der Waals surface area contributed by atoms with Crippen molar-refractivity contribution in [3.63, 3.8) is 0 Å². The number of amides is 1. The minimum atomic E-state index is -0.127. The smallest absolute Gasteiger partial charge is 0.243 e. The van der Waals surface area contributed by atoms with Crippen LogP contribution in [0.4, 0.5) is 0 Å². The van der Waals surface area contributed by atoms with E-state index in [1.807, 2.05) is 10.7 Å². The van der Waals surface area contributed by atoms with Crippen molar-refractivity contribution >= 4 is 11.8 Å². The number of likely N-dealkylation sites (N-methyl/N-ethyl adjacent to an activating group) is 1. The number of nitrogens with zero attached hydrogens (tertiary/aromatic N) is 5. The fourth-order valence-electron chi connectivity index (χ4n) is 3.64. The molecule has 8 nitrogen and oxygen atoms in total. The van der Waals surface area contributed by atoms with E-state index in [4.69, 9.17) is 9.73 Å². The molecule has 1 aliphatic heterocycles. The predicted molar refractivity (Wildman–Crippen MR) is 104 cm³/mol. The van der Waals surface area contributed by atoms with Crippen LogP contribution in [-0.2, 0) is 9.53 Å². The van der Waals surface area contributed by atoms with E-state index in [2.05, 4.69) is 48.0 Å². The fraction of sp³-hybridized carbons (Fsp3) is 0.632. The molecule has 1 fully saturated rings. The Balaban J connectivity index is 1.61. The molecule has 0 spiro atoms. The molecule has 1 aromatic heterocycles. The molecule has 148 valence electrons. The van der Waals surface area contributed by atoms with E-state index >= 15 is 0 Å². The van der Waals surface area contributed by atoms with E-state index in [0.29, 0.717) is 12.4 Å². The van der Waals surface area contributed by atoms with E-state index in [-0.39, 0.29) is 24.1 Å². The van der Waals surface area contributed by atoms with Gasteiger partial charge in [-0.3, -0.25) is 9.48 Å². The first-order valence-corrected chi connectivity index (χ1v) is 9.61. The normalized spacial score (nSPS) is 24.6. The van der Waals surface area contributed by atoms with Crippen LogP contribution in [0.2, 0.25) is 0 Å². The number of carbonyl (C=O) groups is 1. The topological polar surface area (TPSA) is 75.0 Å². The van der Waals surface area contributed by atoms with Gasteiger partial charge in [-0.05, 0) is 25.0 Å². The Morgan fingerprint density at radius 1 is 1.44 bits per heavy atom. The lowest BCUT2D eigenvalue weighted by Crippen LogP contribution is -2.42. The minimum Gasteiger partial charge on any atom is -0.473 e. The van der Waals surface area contributed by atoms with Gasteiger partial charge in [-0.25, -0.2) is 15.0 Å². The highest BCUT2D eigenvalue weighted by atomic mass is 16.5. The first-order valence-electron chi connectivity index (χ1n) is 9.61. The van der Waals surface area contributed by atoms with Crippen molar-refractivity contribution in [3.05, 3.63) is 30.6 Å². The number of fused-ring (bicyclic) bond motifs is 1. The second kappa shape index (κ2) is 8.67. The molecule has 1 saturated carbocycles. The highest BCUT2D eigenvalue weighted by Gasteiger charge is 2.31. The minimum absolute atomic E-state index is 0.0627. The van der Waals surface area contributed by atoms with Crippen molar-refractivity contribution in [3.8, 4) is 0 Å². The molecule has 27 heavy (non-hydrogen) atoms. The quantitative estimate of drug-likeness (QED) is 0.574. The Labute approximate surface area is 160 Å². The maximum Gasteiger partial charge on any atom is 0.243 e. The average Bonchev–Trinajstić information content (AvgIpc) is 3.32. The standard InChI is InChI=1S/C19H30N6O2/c1-5-18(26)22-14-7-8-16(11-14)27-19-17-9-10-21-25(17)15(12-20-19)13-24(4)23(3)6-2/h5,9-10,14-16H,1,6-8,11-13H2,2-4H3,(H,22,26)/t14-,15?,16-/m0/s1. The molecule has 2 aliphatic rings. The zero-order valence-corrected chi connectivity index (χ0v) is 16.5. The van der Waals surface area contributed by atoms with Gasteiger partial charge >= 0.3 is 0 Å². The van der Waals surface area contributed by atoms with E-state index in [0.717, 1.165) is 38.0 Å². The number of hydrogen-bond acceptors (Lipinski definition) is 6. The molecule has 8 heteroatoms. The van der Waals surface area contributed by atoms with Crippen molar-refractivity contribution in [2.24, 2.45) is 4.99 Å². The van der Waals surface area contributed by atoms with Gasteiger partial charge in [-0.2, -0.15) is 5.10 Å². The SMILES string of the molecule is C=CC(=O)N[C@H]1CC[C@H](OC2=NCC(CN(C)N(C)CC)n3nccc32)C1. The molecule has 0 bridgehead atoms. The molecule has 0 radical (unpaired) electrons. The zero-order valence-electron chi connectivity index (χ0n) is 16.5. The van der Waals surface area contributed by atoms with Crippen LogP contribution in [0.25, 0.3) is 0 Å². The van der Waals surface area contributed by atoms with E-state index < -0.39 is 0 Å². The van der Waals surface area contributed by atoms with E-state index in [9.17, 15) is 4.79 Å². The molecule has 1 aliphatic carbocycles. The van der Waals surface area contributed by atoms with Crippen LogP contribution < -0.4 is 5.32 Å². The predicted octanol–water partition coefficient (Wildman–Crippen LogP) is 1.22. The van der Waals surface area contributed by atoms with Gasteiger partial charge in [0.1, 0.15) is 11.8 Å². The number of carbonyl (C=O) groups excluding carboxylic acids is 1. The molecular formula is C19H30N6O2. The molecule has 0 saturated heterocycles. The van der Waals surface area contributed by atoms with Crippen LogP contribution in [-0.4, -0.2) is 77.5 Å². The van der Waals surface area contributed by atoms with Crippen molar-refractivity contribution in [1.82, 2.24) is 25.1 Å². The zero-order chi connectivity index (χ0) is 19.4. The maximum atomic E-state index is 11.5. The monoisotopic (exact) mass is 374 g/mol. The lowest BCUT2D eigenvalue weighted by molar-refractivity contribution is -0.117. The van der Waals surface area contributed by atoms with Crippen molar-refractivity contribution < 1.29 is 9.53 Å². The molecule has 1 aromatic rings. The Bertz CT molecular complexity index is 700. The van der Waals surface area contributed by atoms with Crippen LogP contribution in [0.15, 0.2) is 29.9 Å². The summed E-state index contributed by atoms with van der Waals surface area (Å²) in [5, 5.41) is 11.8. The maximum absolute atomic E-state index is 11.5.